The fourth-order valence-electron chi connectivity index (χ4n) is 2.55. The lowest BCUT2D eigenvalue weighted by Crippen LogP contribution is -2.60. The highest BCUT2D eigenvalue weighted by molar-refractivity contribution is 6.21. The second-order valence-corrected chi connectivity index (χ2v) is 4.99. The highest BCUT2D eigenvalue weighted by Crippen LogP contribution is 2.51. The van der Waals surface area contributed by atoms with Gasteiger partial charge >= 0.3 is 6.03 Å². The first kappa shape index (κ1) is 9.81. The maximum atomic E-state index is 12.1. The Bertz CT molecular complexity index is 400. The summed E-state index contributed by atoms with van der Waals surface area (Å²) in [6, 6.07) is -0.489. The van der Waals surface area contributed by atoms with Crippen LogP contribution in [-0.4, -0.2) is 28.8 Å². The van der Waals surface area contributed by atoms with Gasteiger partial charge in [-0.15, -0.1) is 0 Å². The maximum absolute atomic E-state index is 12.1. The molecular formula is C11H14N2O3. The Balaban J connectivity index is 1.85. The average molecular weight is 222 g/mol. The third-order valence-electron chi connectivity index (χ3n) is 3.99. The number of urea groups is 1. The topological polar surface area (TPSA) is 66.5 Å². The molecule has 2 atom stereocenters. The van der Waals surface area contributed by atoms with Gasteiger partial charge in [0.25, 0.3) is 0 Å². The SMILES string of the molecule is CCC1CC1N1C(=O)NC(=O)C2(CC2)C1=O. The van der Waals surface area contributed by atoms with E-state index in [1.54, 1.807) is 0 Å². The molecule has 1 aliphatic heterocycles. The Morgan fingerprint density at radius 1 is 1.38 bits per heavy atom. The third kappa shape index (κ3) is 1.08. The number of carbonyl (C=O) groups excluding carboxylic acids is 3. The van der Waals surface area contributed by atoms with Crippen LogP contribution in [0.1, 0.15) is 32.6 Å². The summed E-state index contributed by atoms with van der Waals surface area (Å²) >= 11 is 0. The lowest BCUT2D eigenvalue weighted by atomic mass is 10.0. The predicted octanol–water partition coefficient (Wildman–Crippen LogP) is 0.643. The van der Waals surface area contributed by atoms with E-state index < -0.39 is 17.4 Å². The largest absolute Gasteiger partial charge is 0.331 e. The molecule has 2 unspecified atom stereocenters. The molecule has 86 valence electrons. The van der Waals surface area contributed by atoms with Gasteiger partial charge < -0.3 is 0 Å². The summed E-state index contributed by atoms with van der Waals surface area (Å²) < 4.78 is 0. The zero-order valence-corrected chi connectivity index (χ0v) is 9.16. The molecule has 1 heterocycles. The van der Waals surface area contributed by atoms with Gasteiger partial charge in [-0.1, -0.05) is 13.3 Å². The first-order chi connectivity index (χ1) is 7.60. The molecule has 3 rings (SSSR count). The van der Waals surface area contributed by atoms with Gasteiger partial charge in [0.1, 0.15) is 5.41 Å². The summed E-state index contributed by atoms with van der Waals surface area (Å²) in [7, 11) is 0. The van der Waals surface area contributed by atoms with Crippen LogP contribution in [0.5, 0.6) is 0 Å². The Kier molecular flexibility index (Phi) is 1.74. The van der Waals surface area contributed by atoms with Crippen molar-refractivity contribution in [3.8, 4) is 0 Å². The molecule has 0 bridgehead atoms. The van der Waals surface area contributed by atoms with Crippen LogP contribution in [0.3, 0.4) is 0 Å². The lowest BCUT2D eigenvalue weighted by Gasteiger charge is -2.30. The molecule has 2 aliphatic carbocycles. The van der Waals surface area contributed by atoms with Crippen molar-refractivity contribution in [2.75, 3.05) is 0 Å². The van der Waals surface area contributed by atoms with Crippen molar-refractivity contribution < 1.29 is 14.4 Å². The molecule has 0 aromatic rings. The summed E-state index contributed by atoms with van der Waals surface area (Å²) in [6.07, 6.45) is 3.04. The van der Waals surface area contributed by atoms with Crippen molar-refractivity contribution >= 4 is 17.8 Å². The van der Waals surface area contributed by atoms with E-state index in [1.807, 2.05) is 0 Å². The van der Waals surface area contributed by atoms with Gasteiger partial charge in [-0.2, -0.15) is 0 Å². The van der Waals surface area contributed by atoms with Gasteiger partial charge in [-0.05, 0) is 25.2 Å². The number of amides is 4. The van der Waals surface area contributed by atoms with Crippen molar-refractivity contribution in [2.45, 2.75) is 38.6 Å². The fraction of sp³-hybridized carbons (Fsp3) is 0.727. The van der Waals surface area contributed by atoms with Crippen molar-refractivity contribution in [1.29, 1.82) is 0 Å². The standard InChI is InChI=1S/C11H14N2O3/c1-2-6-5-7(6)13-9(15)11(3-4-11)8(14)12-10(13)16/h6-7H,2-5H2,1H3,(H,12,14,16). The molecule has 5 heteroatoms. The van der Waals surface area contributed by atoms with Gasteiger partial charge in [0.2, 0.25) is 11.8 Å². The quantitative estimate of drug-likeness (QED) is 0.697. The molecule has 3 fully saturated rings. The molecular weight excluding hydrogens is 208 g/mol. The molecule has 3 aliphatic rings. The summed E-state index contributed by atoms with van der Waals surface area (Å²) in [6.45, 7) is 2.05. The van der Waals surface area contributed by atoms with Crippen molar-refractivity contribution in [1.82, 2.24) is 10.2 Å². The Labute approximate surface area is 93.2 Å². The molecule has 0 aromatic carbocycles. The number of rotatable bonds is 2. The van der Waals surface area contributed by atoms with Crippen LogP contribution in [0.4, 0.5) is 4.79 Å². The van der Waals surface area contributed by atoms with E-state index in [1.165, 1.54) is 4.90 Å². The van der Waals surface area contributed by atoms with Crippen LogP contribution < -0.4 is 5.32 Å². The van der Waals surface area contributed by atoms with Crippen molar-refractivity contribution in [3.05, 3.63) is 0 Å². The number of nitrogens with one attached hydrogen (secondary N) is 1. The van der Waals surface area contributed by atoms with Crippen LogP contribution in [0.15, 0.2) is 0 Å². The average Bonchev–Trinajstić information content (AvgIpc) is 3.12. The zero-order chi connectivity index (χ0) is 11.5. The van der Waals surface area contributed by atoms with Crippen LogP contribution in [0.25, 0.3) is 0 Å². The first-order valence-corrected chi connectivity index (χ1v) is 5.79. The van der Waals surface area contributed by atoms with Crippen LogP contribution in [0.2, 0.25) is 0 Å². The minimum atomic E-state index is -0.880. The smallest absolute Gasteiger partial charge is 0.277 e. The molecule has 5 nitrogen and oxygen atoms in total. The number of carbonyl (C=O) groups is 3. The van der Waals surface area contributed by atoms with E-state index in [4.69, 9.17) is 0 Å². The zero-order valence-electron chi connectivity index (χ0n) is 9.16. The van der Waals surface area contributed by atoms with Crippen molar-refractivity contribution in [2.24, 2.45) is 11.3 Å². The number of hydrogen-bond acceptors (Lipinski definition) is 3. The van der Waals surface area contributed by atoms with Gasteiger partial charge in [-0.25, -0.2) is 4.79 Å². The van der Waals surface area contributed by atoms with Crippen LogP contribution >= 0.6 is 0 Å². The molecule has 16 heavy (non-hydrogen) atoms. The maximum Gasteiger partial charge on any atom is 0.331 e. The highest BCUT2D eigenvalue weighted by atomic mass is 16.2. The lowest BCUT2D eigenvalue weighted by molar-refractivity contribution is -0.145. The summed E-state index contributed by atoms with van der Waals surface area (Å²) in [4.78, 5) is 36.6. The van der Waals surface area contributed by atoms with E-state index in [9.17, 15) is 14.4 Å². The van der Waals surface area contributed by atoms with Crippen LogP contribution in [0, 0.1) is 11.3 Å². The summed E-state index contributed by atoms with van der Waals surface area (Å²) in [5.74, 6) is -0.228. The van der Waals surface area contributed by atoms with E-state index in [-0.39, 0.29) is 11.9 Å². The predicted molar refractivity (Wildman–Crippen MR) is 54.2 cm³/mol. The van der Waals surface area contributed by atoms with E-state index in [0.717, 1.165) is 12.8 Å². The molecule has 1 spiro atoms. The number of nitrogens with zero attached hydrogens (tertiary/aromatic N) is 1. The number of hydrogen-bond donors (Lipinski definition) is 1. The number of imide groups is 2. The molecule has 0 aromatic heterocycles. The van der Waals surface area contributed by atoms with E-state index in [0.29, 0.717) is 18.8 Å². The highest BCUT2D eigenvalue weighted by Gasteiger charge is 2.64. The van der Waals surface area contributed by atoms with E-state index in [2.05, 4.69) is 12.2 Å². The second-order valence-electron chi connectivity index (χ2n) is 4.99. The molecule has 0 radical (unpaired) electrons. The molecule has 2 saturated carbocycles. The second kappa shape index (κ2) is 2.84. The minimum absolute atomic E-state index is 0.0306. The summed E-state index contributed by atoms with van der Waals surface area (Å²) in [5, 5.41) is 2.31. The Hall–Kier alpha value is -1.39. The summed E-state index contributed by atoms with van der Waals surface area (Å²) in [5.41, 5.74) is -0.880. The fourth-order valence-corrected chi connectivity index (χ4v) is 2.55. The normalized spacial score (nSPS) is 35.3. The van der Waals surface area contributed by atoms with Gasteiger partial charge in [-0.3, -0.25) is 19.8 Å². The van der Waals surface area contributed by atoms with Gasteiger partial charge in [0.15, 0.2) is 0 Å². The molecule has 1 N–H and O–H groups in total. The Morgan fingerprint density at radius 2 is 2.06 bits per heavy atom. The first-order valence-electron chi connectivity index (χ1n) is 5.79. The Morgan fingerprint density at radius 3 is 2.56 bits per heavy atom. The molecule has 4 amide bonds. The third-order valence-corrected chi connectivity index (χ3v) is 3.99. The van der Waals surface area contributed by atoms with Crippen molar-refractivity contribution in [3.63, 3.8) is 0 Å². The monoisotopic (exact) mass is 222 g/mol. The van der Waals surface area contributed by atoms with Crippen LogP contribution in [-0.2, 0) is 9.59 Å². The van der Waals surface area contributed by atoms with E-state index >= 15 is 0 Å². The van der Waals surface area contributed by atoms with Gasteiger partial charge in [0, 0.05) is 6.04 Å². The minimum Gasteiger partial charge on any atom is -0.277 e. The molecule has 1 saturated heterocycles. The van der Waals surface area contributed by atoms with Gasteiger partial charge in [0.05, 0.1) is 0 Å². The number of barbiturate groups is 1.